The highest BCUT2D eigenvalue weighted by atomic mass is 16.3. The zero-order valence-corrected chi connectivity index (χ0v) is 46.6. The van der Waals surface area contributed by atoms with Crippen LogP contribution in [-0.2, 0) is 62.4 Å². The van der Waals surface area contributed by atoms with Gasteiger partial charge in [-0.2, -0.15) is 0 Å². The van der Waals surface area contributed by atoms with Crippen LogP contribution in [0.5, 0.6) is 5.75 Å². The Labute approximate surface area is 470 Å². The van der Waals surface area contributed by atoms with Gasteiger partial charge in [-0.15, -0.1) is 0 Å². The van der Waals surface area contributed by atoms with Gasteiger partial charge in [0.05, 0.1) is 6.33 Å². The van der Waals surface area contributed by atoms with Crippen molar-refractivity contribution >= 4 is 70.0 Å². The second-order valence-electron chi connectivity index (χ2n) is 21.5. The van der Waals surface area contributed by atoms with Crippen LogP contribution >= 0.6 is 0 Å². The molecule has 15 N–H and O–H groups in total. The molecule has 0 radical (unpaired) electrons. The number of phenols is 1. The Morgan fingerprint density at radius 1 is 0.728 bits per heavy atom. The standard InChI is InChI=1S/C56H79N15O10/c1-6-60-54(80)46-14-10-22-71(46)55(81)40(13-9-21-61-56(57)58)65-49(75)41(23-31(2)3)66-50(76)42(24-32(4)5)67-51(77)43(25-33-15-17-36(72)18-16-33)68-52(78)44(26-34-28-62-38-12-8-7-11-37(34)38)69-53(79)45(27-35-29-59-30-63-35)70-48(74)39-19-20-47(73)64-39/h7-8,11-12,15-18,28-32,39-46,62,72H,6,9-10,13-14,19-27H2,1-5H3,(H,59,63)(H,60,80)(H,64,73)(H,65,75)(H,66,76)(H,67,77)(H,68,78)(H,69,79)(H,70,74)(H4,57,58,61)/t39-,40-,41-,42+,43-,44-,45-,46-/m0/s1. The van der Waals surface area contributed by atoms with Crippen molar-refractivity contribution in [3.05, 3.63) is 84.1 Å². The minimum absolute atomic E-state index is 0.0488. The molecule has 8 atom stereocenters. The number of aromatic nitrogens is 3. The van der Waals surface area contributed by atoms with Gasteiger partial charge >= 0.3 is 0 Å². The molecule has 9 amide bonds. The fourth-order valence-electron chi connectivity index (χ4n) is 10.0. The topological polar surface area (TPSA) is 382 Å². The van der Waals surface area contributed by atoms with Crippen molar-refractivity contribution < 1.29 is 48.3 Å². The van der Waals surface area contributed by atoms with Gasteiger partial charge in [0.2, 0.25) is 53.2 Å². The fraction of sp³-hybridized carbons (Fsp3) is 0.518. The molecule has 81 heavy (non-hydrogen) atoms. The Hall–Kier alpha value is -8.51. The summed E-state index contributed by atoms with van der Waals surface area (Å²) in [7, 11) is 0. The van der Waals surface area contributed by atoms with Crippen molar-refractivity contribution in [1.29, 1.82) is 0 Å². The van der Waals surface area contributed by atoms with Crippen LogP contribution in [0.4, 0.5) is 0 Å². The highest BCUT2D eigenvalue weighted by Crippen LogP contribution is 2.22. The lowest BCUT2D eigenvalue weighted by atomic mass is 9.98. The molecule has 25 nitrogen and oxygen atoms in total. The van der Waals surface area contributed by atoms with E-state index in [0.717, 1.165) is 10.9 Å². The summed E-state index contributed by atoms with van der Waals surface area (Å²) >= 11 is 0. The number of carbonyl (C=O) groups excluding carboxylic acids is 9. The number of nitrogens with zero attached hydrogens (tertiary/aromatic N) is 3. The lowest BCUT2D eigenvalue weighted by Crippen LogP contribution is -2.61. The van der Waals surface area contributed by atoms with Crippen LogP contribution in [0.3, 0.4) is 0 Å². The van der Waals surface area contributed by atoms with Crippen LogP contribution in [0.2, 0.25) is 0 Å². The number of likely N-dealkylation sites (tertiary alicyclic amines) is 1. The number of aromatic hydroxyl groups is 1. The average Bonchev–Trinajstić information content (AvgIpc) is 4.30. The summed E-state index contributed by atoms with van der Waals surface area (Å²) in [6, 6.07) is 4.08. The van der Waals surface area contributed by atoms with Gasteiger partial charge in [-0.25, -0.2) is 4.98 Å². The number of nitrogens with one attached hydrogen (secondary N) is 10. The molecule has 25 heteroatoms. The highest BCUT2D eigenvalue weighted by Gasteiger charge is 2.40. The first-order valence-electron chi connectivity index (χ1n) is 27.7. The predicted molar refractivity (Wildman–Crippen MR) is 301 cm³/mol. The number of hydrogen-bond donors (Lipinski definition) is 13. The zero-order valence-electron chi connectivity index (χ0n) is 46.6. The van der Waals surface area contributed by atoms with E-state index in [2.05, 4.69) is 62.5 Å². The normalized spacial score (nSPS) is 17.2. The SMILES string of the molecule is CCNC(=O)[C@@H]1CCCN1C(=O)[C@H](CCCN=C(N)N)NC(=O)[C@H](CC(C)C)NC(=O)[C@@H](CC(C)C)NC(=O)[C@H](Cc1ccc(O)cc1)NC(=O)[C@H](Cc1c[nH]c2ccccc12)NC(=O)[C@H](Cc1cnc[nH]1)NC(=O)[C@@H]1CCC(=O)N1. The number of hydrogen-bond acceptors (Lipinski definition) is 12. The van der Waals surface area contributed by atoms with Crippen molar-refractivity contribution in [2.75, 3.05) is 19.6 Å². The lowest BCUT2D eigenvalue weighted by molar-refractivity contribution is -0.142. The lowest BCUT2D eigenvalue weighted by Gasteiger charge is -2.31. The summed E-state index contributed by atoms with van der Waals surface area (Å²) in [5.41, 5.74) is 13.5. The molecule has 0 unspecified atom stereocenters. The molecule has 2 fully saturated rings. The predicted octanol–water partition coefficient (Wildman–Crippen LogP) is 0.0848. The molecule has 2 aromatic heterocycles. The van der Waals surface area contributed by atoms with Crippen LogP contribution in [0.15, 0.2) is 72.2 Å². The number of guanidine groups is 1. The molecule has 2 aromatic carbocycles. The molecule has 2 aliphatic heterocycles. The monoisotopic (exact) mass is 1120 g/mol. The Morgan fingerprint density at radius 3 is 1.90 bits per heavy atom. The number of likely N-dealkylation sites (N-methyl/N-ethyl adjacent to an activating group) is 1. The summed E-state index contributed by atoms with van der Waals surface area (Å²) in [5.74, 6) is -5.93. The summed E-state index contributed by atoms with van der Waals surface area (Å²) in [5, 5.41) is 33.2. The van der Waals surface area contributed by atoms with E-state index in [4.69, 9.17) is 11.5 Å². The van der Waals surface area contributed by atoms with Crippen molar-refractivity contribution in [2.24, 2.45) is 28.3 Å². The van der Waals surface area contributed by atoms with Gasteiger partial charge in [-0.05, 0) is 93.0 Å². The van der Waals surface area contributed by atoms with Crippen molar-refractivity contribution in [3.63, 3.8) is 0 Å². The first kappa shape index (κ1) is 61.7. The van der Waals surface area contributed by atoms with Crippen LogP contribution in [0.1, 0.15) is 103 Å². The second-order valence-corrected chi connectivity index (χ2v) is 21.5. The number of H-pyrrole nitrogens is 2. The van der Waals surface area contributed by atoms with E-state index in [-0.39, 0.29) is 93.3 Å². The van der Waals surface area contributed by atoms with E-state index in [1.165, 1.54) is 29.6 Å². The van der Waals surface area contributed by atoms with Gasteiger partial charge in [0.15, 0.2) is 5.96 Å². The smallest absolute Gasteiger partial charge is 0.245 e. The van der Waals surface area contributed by atoms with E-state index in [1.54, 1.807) is 25.3 Å². The molecule has 2 aliphatic rings. The zero-order chi connectivity index (χ0) is 58.8. The van der Waals surface area contributed by atoms with Crippen LogP contribution in [-0.4, -0.2) is 152 Å². The molecule has 0 aliphatic carbocycles. The Bertz CT molecular complexity index is 2850. The third-order valence-electron chi connectivity index (χ3n) is 14.1. The molecule has 4 aromatic rings. The molecule has 6 rings (SSSR count). The molecule has 0 saturated carbocycles. The first-order valence-corrected chi connectivity index (χ1v) is 27.7. The molecule has 4 heterocycles. The van der Waals surface area contributed by atoms with E-state index >= 15 is 0 Å². The quantitative estimate of drug-likeness (QED) is 0.0195. The number of aliphatic imine (C=N–C) groups is 1. The van der Waals surface area contributed by atoms with Gasteiger partial charge in [0.1, 0.15) is 54.1 Å². The second kappa shape index (κ2) is 29.6. The summed E-state index contributed by atoms with van der Waals surface area (Å²) in [4.78, 5) is 142. The van der Waals surface area contributed by atoms with Gasteiger partial charge in [-0.1, -0.05) is 58.0 Å². The summed E-state index contributed by atoms with van der Waals surface area (Å²) in [6.07, 6.45) is 6.30. The maximum absolute atomic E-state index is 14.9. The number of carbonyl (C=O) groups is 9. The van der Waals surface area contributed by atoms with E-state index < -0.39 is 89.7 Å². The highest BCUT2D eigenvalue weighted by molar-refractivity contribution is 5.99. The van der Waals surface area contributed by atoms with Crippen molar-refractivity contribution in [1.82, 2.24) is 62.4 Å². The van der Waals surface area contributed by atoms with Crippen molar-refractivity contribution in [3.8, 4) is 5.75 Å². The molecular formula is C56H79N15O10. The van der Waals surface area contributed by atoms with Gasteiger partial charge < -0.3 is 74.0 Å². The largest absolute Gasteiger partial charge is 0.508 e. The molecule has 2 saturated heterocycles. The molecule has 0 bridgehead atoms. The number of aromatic amines is 2. The maximum Gasteiger partial charge on any atom is 0.245 e. The minimum Gasteiger partial charge on any atom is -0.508 e. The van der Waals surface area contributed by atoms with Crippen LogP contribution in [0.25, 0.3) is 10.9 Å². The van der Waals surface area contributed by atoms with Crippen LogP contribution in [0, 0.1) is 11.8 Å². The number of phenolic OH excluding ortho intramolecular Hbond substituents is 1. The maximum atomic E-state index is 14.9. The molecular weight excluding hydrogens is 1040 g/mol. The first-order chi connectivity index (χ1) is 38.7. The van der Waals surface area contributed by atoms with Crippen LogP contribution < -0.4 is 54.0 Å². The third kappa shape index (κ3) is 18.3. The number of nitrogens with two attached hydrogens (primary N) is 2. The summed E-state index contributed by atoms with van der Waals surface area (Å²) in [6.45, 7) is 10.0. The Balaban J connectivity index is 1.26. The Kier molecular flexibility index (Phi) is 22.6. The van der Waals surface area contributed by atoms with E-state index in [9.17, 15) is 48.3 Å². The number of imidazole rings is 1. The number of amides is 9. The van der Waals surface area contributed by atoms with Gasteiger partial charge in [0.25, 0.3) is 0 Å². The minimum atomic E-state index is -1.41. The van der Waals surface area contributed by atoms with Gasteiger partial charge in [0, 0.05) is 74.3 Å². The fourth-order valence-corrected chi connectivity index (χ4v) is 10.0. The third-order valence-corrected chi connectivity index (χ3v) is 14.1. The average molecular weight is 1120 g/mol. The number of rotatable bonds is 29. The van der Waals surface area contributed by atoms with E-state index in [1.807, 2.05) is 52.0 Å². The number of fused-ring (bicyclic) bond motifs is 1. The Morgan fingerprint density at radius 2 is 1.32 bits per heavy atom. The molecule has 0 spiro atoms. The summed E-state index contributed by atoms with van der Waals surface area (Å²) < 4.78 is 0. The van der Waals surface area contributed by atoms with Crippen molar-refractivity contribution in [2.45, 2.75) is 154 Å². The number of para-hydroxylation sites is 1. The van der Waals surface area contributed by atoms with E-state index in [0.29, 0.717) is 49.2 Å². The van der Waals surface area contributed by atoms with Gasteiger partial charge in [-0.3, -0.25) is 48.1 Å². The molecule has 438 valence electrons. The number of benzene rings is 2.